The Kier molecular flexibility index (Phi) is 6.18. The van der Waals surface area contributed by atoms with Crippen molar-refractivity contribution in [2.24, 2.45) is 11.8 Å². The number of likely N-dealkylation sites (tertiary alicyclic amines) is 1. The predicted octanol–water partition coefficient (Wildman–Crippen LogP) is 3.84. The molecule has 2 N–H and O–H groups in total. The molecule has 2 aromatic carbocycles. The van der Waals surface area contributed by atoms with Crippen molar-refractivity contribution in [2.45, 2.75) is 38.4 Å². The van der Waals surface area contributed by atoms with Crippen LogP contribution in [-0.2, 0) is 17.9 Å². The number of pyridine rings is 1. The van der Waals surface area contributed by atoms with Crippen LogP contribution in [0.15, 0.2) is 60.9 Å². The first kappa shape index (κ1) is 22.0. The molecule has 2 aliphatic rings. The van der Waals surface area contributed by atoms with E-state index in [0.717, 1.165) is 46.7 Å². The van der Waals surface area contributed by atoms with Crippen LogP contribution >= 0.6 is 0 Å². The van der Waals surface area contributed by atoms with Gasteiger partial charge in [0.1, 0.15) is 6.04 Å². The number of amides is 3. The van der Waals surface area contributed by atoms with Crippen LogP contribution in [0.4, 0.5) is 4.79 Å². The minimum absolute atomic E-state index is 0.0859. The zero-order chi connectivity index (χ0) is 23.5. The first-order chi connectivity index (χ1) is 16.6. The van der Waals surface area contributed by atoms with Crippen molar-refractivity contribution >= 4 is 22.7 Å². The van der Waals surface area contributed by atoms with Gasteiger partial charge in [0.05, 0.1) is 0 Å². The molecular weight excluding hydrogens is 424 g/mol. The summed E-state index contributed by atoms with van der Waals surface area (Å²) in [5.41, 5.74) is 2.75. The van der Waals surface area contributed by atoms with Crippen molar-refractivity contribution in [3.8, 4) is 12.3 Å². The fourth-order valence-corrected chi connectivity index (χ4v) is 5.50. The summed E-state index contributed by atoms with van der Waals surface area (Å²) < 4.78 is 0. The SMILES string of the molecule is C#Cc1ccc2cccc(CNC(=O)N3CC4CCCC4[C@H]3C(=O)NCc3cccnc3)c2c1. The van der Waals surface area contributed by atoms with Gasteiger partial charge >= 0.3 is 6.03 Å². The maximum absolute atomic E-state index is 13.3. The Hall–Kier alpha value is -3.85. The number of terminal acetylenes is 1. The summed E-state index contributed by atoms with van der Waals surface area (Å²) in [4.78, 5) is 32.4. The van der Waals surface area contributed by atoms with Crippen LogP contribution in [0.1, 0.15) is 36.0 Å². The van der Waals surface area contributed by atoms with Gasteiger partial charge in [-0.05, 0) is 64.8 Å². The maximum atomic E-state index is 13.3. The van der Waals surface area contributed by atoms with Crippen molar-refractivity contribution in [1.29, 1.82) is 0 Å². The number of hydrogen-bond acceptors (Lipinski definition) is 3. The molecule has 3 atom stereocenters. The van der Waals surface area contributed by atoms with Crippen LogP contribution in [0.2, 0.25) is 0 Å². The summed E-state index contributed by atoms with van der Waals surface area (Å²) in [5, 5.41) is 8.20. The number of rotatable bonds is 5. The number of fused-ring (bicyclic) bond motifs is 2. The Labute approximate surface area is 199 Å². The van der Waals surface area contributed by atoms with Crippen LogP contribution in [0.25, 0.3) is 10.8 Å². The minimum atomic E-state index is -0.440. The van der Waals surface area contributed by atoms with E-state index in [4.69, 9.17) is 6.42 Å². The maximum Gasteiger partial charge on any atom is 0.318 e. The summed E-state index contributed by atoms with van der Waals surface area (Å²) in [6.45, 7) is 1.40. The topological polar surface area (TPSA) is 74.3 Å². The monoisotopic (exact) mass is 452 g/mol. The molecule has 2 unspecified atom stereocenters. The van der Waals surface area contributed by atoms with Gasteiger partial charge in [0.2, 0.25) is 5.91 Å². The Morgan fingerprint density at radius 2 is 2.00 bits per heavy atom. The highest BCUT2D eigenvalue weighted by Gasteiger charge is 2.49. The van der Waals surface area contributed by atoms with Crippen molar-refractivity contribution in [1.82, 2.24) is 20.5 Å². The van der Waals surface area contributed by atoms with E-state index in [1.807, 2.05) is 48.5 Å². The molecule has 0 bridgehead atoms. The van der Waals surface area contributed by atoms with Crippen LogP contribution in [0, 0.1) is 24.2 Å². The van der Waals surface area contributed by atoms with Gasteiger partial charge in [-0.3, -0.25) is 9.78 Å². The van der Waals surface area contributed by atoms with Gasteiger partial charge < -0.3 is 15.5 Å². The smallest absolute Gasteiger partial charge is 0.318 e. The molecular formula is C28H28N4O2. The number of nitrogens with zero attached hydrogens (tertiary/aromatic N) is 2. The molecule has 3 aromatic rings. The number of carbonyl (C=O) groups excluding carboxylic acids is 2. The zero-order valence-electron chi connectivity index (χ0n) is 19.0. The molecule has 1 saturated heterocycles. The summed E-state index contributed by atoms with van der Waals surface area (Å²) in [7, 11) is 0. The van der Waals surface area contributed by atoms with Gasteiger partial charge in [0.15, 0.2) is 0 Å². The third kappa shape index (κ3) is 4.34. The zero-order valence-corrected chi connectivity index (χ0v) is 19.0. The van der Waals surface area contributed by atoms with Crippen molar-refractivity contribution in [2.75, 3.05) is 6.54 Å². The highest BCUT2D eigenvalue weighted by molar-refractivity contribution is 5.89. The van der Waals surface area contributed by atoms with Crippen LogP contribution in [0.3, 0.4) is 0 Å². The standard InChI is InChI=1S/C28H28N4O2/c1-2-19-11-12-21-7-3-8-22(25(21)14-19)17-31-28(34)32-18-23-9-4-10-24(23)26(32)27(33)30-16-20-6-5-13-29-15-20/h1,3,5-8,11-15,23-24,26H,4,9-10,16-18H2,(H,30,33)(H,31,34)/t23?,24?,26-/m0/s1. The molecule has 1 saturated carbocycles. The van der Waals surface area contributed by atoms with E-state index in [0.29, 0.717) is 25.6 Å². The molecule has 3 amide bonds. The number of nitrogens with one attached hydrogen (secondary N) is 2. The van der Waals surface area contributed by atoms with Crippen LogP contribution in [0.5, 0.6) is 0 Å². The fraction of sp³-hybridized carbons (Fsp3) is 0.321. The largest absolute Gasteiger partial charge is 0.350 e. The van der Waals surface area contributed by atoms with Crippen molar-refractivity contribution in [3.63, 3.8) is 0 Å². The Balaban J connectivity index is 1.30. The average Bonchev–Trinajstić information content (AvgIpc) is 3.47. The molecule has 34 heavy (non-hydrogen) atoms. The fourth-order valence-electron chi connectivity index (χ4n) is 5.50. The normalized spacial score (nSPS) is 21.1. The second-order valence-corrected chi connectivity index (χ2v) is 9.19. The quantitative estimate of drug-likeness (QED) is 0.578. The number of aromatic nitrogens is 1. The van der Waals surface area contributed by atoms with Crippen molar-refractivity contribution in [3.05, 3.63) is 77.6 Å². The molecule has 6 nitrogen and oxygen atoms in total. The van der Waals surface area contributed by atoms with Crippen molar-refractivity contribution < 1.29 is 9.59 Å². The molecule has 1 aromatic heterocycles. The number of benzene rings is 2. The second kappa shape index (κ2) is 9.56. The van der Waals surface area contributed by atoms with E-state index in [1.54, 1.807) is 17.3 Å². The highest BCUT2D eigenvalue weighted by atomic mass is 16.2. The predicted molar refractivity (Wildman–Crippen MR) is 132 cm³/mol. The van der Waals surface area contributed by atoms with Gasteiger partial charge in [-0.2, -0.15) is 0 Å². The Bertz CT molecular complexity index is 1250. The summed E-state index contributed by atoms with van der Waals surface area (Å²) in [6.07, 6.45) is 12.2. The molecule has 172 valence electrons. The Morgan fingerprint density at radius 3 is 2.82 bits per heavy atom. The molecule has 2 fully saturated rings. The third-order valence-corrected chi connectivity index (χ3v) is 7.18. The van der Waals surface area contributed by atoms with E-state index in [1.165, 1.54) is 0 Å². The molecule has 5 rings (SSSR count). The van der Waals surface area contributed by atoms with Gasteiger partial charge in [-0.1, -0.05) is 42.7 Å². The lowest BCUT2D eigenvalue weighted by atomic mass is 9.93. The van der Waals surface area contributed by atoms with E-state index >= 15 is 0 Å². The van der Waals surface area contributed by atoms with Crippen LogP contribution in [-0.4, -0.2) is 34.4 Å². The molecule has 0 radical (unpaired) electrons. The van der Waals surface area contributed by atoms with E-state index in [9.17, 15) is 9.59 Å². The second-order valence-electron chi connectivity index (χ2n) is 9.19. The number of urea groups is 1. The highest BCUT2D eigenvalue weighted by Crippen LogP contribution is 2.42. The molecule has 2 heterocycles. The van der Waals surface area contributed by atoms with Gasteiger partial charge in [-0.15, -0.1) is 6.42 Å². The van der Waals surface area contributed by atoms with Crippen LogP contribution < -0.4 is 10.6 Å². The van der Waals surface area contributed by atoms with E-state index in [2.05, 4.69) is 21.5 Å². The summed E-state index contributed by atoms with van der Waals surface area (Å²) in [6, 6.07) is 15.1. The Morgan fingerprint density at radius 1 is 1.09 bits per heavy atom. The van der Waals surface area contributed by atoms with E-state index < -0.39 is 6.04 Å². The minimum Gasteiger partial charge on any atom is -0.350 e. The van der Waals surface area contributed by atoms with Gasteiger partial charge in [0.25, 0.3) is 0 Å². The first-order valence-electron chi connectivity index (χ1n) is 11.8. The third-order valence-electron chi connectivity index (χ3n) is 7.18. The lowest BCUT2D eigenvalue weighted by Crippen LogP contribution is -2.51. The average molecular weight is 453 g/mol. The summed E-state index contributed by atoms with van der Waals surface area (Å²) >= 11 is 0. The lowest BCUT2D eigenvalue weighted by Gasteiger charge is -2.27. The molecule has 1 aliphatic heterocycles. The number of carbonyl (C=O) groups is 2. The van der Waals surface area contributed by atoms with Gasteiger partial charge in [-0.25, -0.2) is 4.79 Å². The molecule has 6 heteroatoms. The molecule has 1 aliphatic carbocycles. The molecule has 0 spiro atoms. The number of hydrogen-bond donors (Lipinski definition) is 2. The summed E-state index contributed by atoms with van der Waals surface area (Å²) in [5.74, 6) is 3.19. The van der Waals surface area contributed by atoms with Gasteiger partial charge in [0, 0.05) is 37.6 Å². The first-order valence-corrected chi connectivity index (χ1v) is 11.8. The lowest BCUT2D eigenvalue weighted by molar-refractivity contribution is -0.126. The van der Waals surface area contributed by atoms with E-state index in [-0.39, 0.29) is 17.9 Å².